The van der Waals surface area contributed by atoms with Crippen molar-refractivity contribution < 1.29 is 4.79 Å². The molecule has 0 atom stereocenters. The minimum absolute atomic E-state index is 0.0763. The molecule has 3 aromatic rings. The summed E-state index contributed by atoms with van der Waals surface area (Å²) in [5, 5.41) is 4.65. The summed E-state index contributed by atoms with van der Waals surface area (Å²) >= 11 is 0. The summed E-state index contributed by atoms with van der Waals surface area (Å²) in [6.45, 7) is 0. The molecule has 0 N–H and O–H groups in total. The van der Waals surface area contributed by atoms with Crippen LogP contribution >= 0.6 is 0 Å². The normalized spacial score (nSPS) is 10.6. The van der Waals surface area contributed by atoms with Crippen LogP contribution in [-0.2, 0) is 7.05 Å². The Bertz CT molecular complexity index is 901. The lowest BCUT2D eigenvalue weighted by Crippen LogP contribution is -2.33. The van der Waals surface area contributed by atoms with Gasteiger partial charge in [-0.2, -0.15) is 5.10 Å². The summed E-state index contributed by atoms with van der Waals surface area (Å²) in [5.74, 6) is -0.419. The Morgan fingerprint density at radius 2 is 1.68 bits per heavy atom. The standard InChI is InChI=1S/C17H15N3O2/c1-19(12-8-4-3-5-9-12)17(22)15-16(21)13-10-6-7-11-14(13)20(2)18-15/h3-11H,1-2H3. The van der Waals surface area contributed by atoms with Gasteiger partial charge in [0.15, 0.2) is 5.69 Å². The zero-order valence-electron chi connectivity index (χ0n) is 12.4. The van der Waals surface area contributed by atoms with Crippen molar-refractivity contribution in [3.63, 3.8) is 0 Å². The molecule has 0 saturated heterocycles. The lowest BCUT2D eigenvalue weighted by atomic mass is 10.2. The molecule has 110 valence electrons. The Kier molecular flexibility index (Phi) is 3.47. The van der Waals surface area contributed by atoms with Crippen molar-refractivity contribution in [1.29, 1.82) is 0 Å². The lowest BCUT2D eigenvalue weighted by Gasteiger charge is -2.17. The highest BCUT2D eigenvalue weighted by molar-refractivity contribution is 6.05. The van der Waals surface area contributed by atoms with Crippen LogP contribution in [0.1, 0.15) is 10.5 Å². The van der Waals surface area contributed by atoms with Crippen LogP contribution in [0.15, 0.2) is 59.4 Å². The van der Waals surface area contributed by atoms with E-state index in [2.05, 4.69) is 5.10 Å². The molecule has 1 aromatic heterocycles. The van der Waals surface area contributed by atoms with E-state index in [1.165, 1.54) is 4.90 Å². The molecule has 0 fully saturated rings. The number of aromatic nitrogens is 2. The van der Waals surface area contributed by atoms with Gasteiger partial charge >= 0.3 is 0 Å². The lowest BCUT2D eigenvalue weighted by molar-refractivity contribution is 0.0985. The monoisotopic (exact) mass is 293 g/mol. The summed E-state index contributed by atoms with van der Waals surface area (Å²) in [7, 11) is 3.36. The molecular formula is C17H15N3O2. The van der Waals surface area contributed by atoms with Crippen LogP contribution in [0.25, 0.3) is 10.9 Å². The SMILES string of the molecule is CN(C(=O)c1nn(C)c2ccccc2c1=O)c1ccccc1. The summed E-state index contributed by atoms with van der Waals surface area (Å²) in [5.41, 5.74) is 0.991. The first-order valence-electron chi connectivity index (χ1n) is 6.89. The highest BCUT2D eigenvalue weighted by Crippen LogP contribution is 2.14. The largest absolute Gasteiger partial charge is 0.310 e. The van der Waals surface area contributed by atoms with Crippen molar-refractivity contribution in [3.05, 3.63) is 70.5 Å². The van der Waals surface area contributed by atoms with Gasteiger partial charge in [-0.3, -0.25) is 14.3 Å². The van der Waals surface area contributed by atoms with Crippen molar-refractivity contribution in [2.24, 2.45) is 7.05 Å². The molecule has 1 amide bonds. The molecular weight excluding hydrogens is 278 g/mol. The Labute approximate surface area is 127 Å². The van der Waals surface area contributed by atoms with Gasteiger partial charge in [0.1, 0.15) is 0 Å². The average Bonchev–Trinajstić information content (AvgIpc) is 2.57. The number of anilines is 1. The maximum atomic E-state index is 12.6. The van der Waals surface area contributed by atoms with E-state index in [1.807, 2.05) is 36.4 Å². The number of benzene rings is 2. The number of aryl methyl sites for hydroxylation is 1. The van der Waals surface area contributed by atoms with Gasteiger partial charge in [-0.05, 0) is 24.3 Å². The van der Waals surface area contributed by atoms with Gasteiger partial charge in [0.05, 0.1) is 5.52 Å². The molecule has 0 saturated carbocycles. The number of hydrogen-bond acceptors (Lipinski definition) is 3. The molecule has 0 unspecified atom stereocenters. The van der Waals surface area contributed by atoms with Gasteiger partial charge in [0.2, 0.25) is 5.43 Å². The first kappa shape index (κ1) is 14.0. The molecule has 0 bridgehead atoms. The summed E-state index contributed by atoms with van der Waals surface area (Å²) in [6, 6.07) is 16.3. The van der Waals surface area contributed by atoms with E-state index in [1.54, 1.807) is 37.0 Å². The van der Waals surface area contributed by atoms with Crippen molar-refractivity contribution >= 4 is 22.5 Å². The van der Waals surface area contributed by atoms with Gasteiger partial charge in [-0.1, -0.05) is 30.3 Å². The van der Waals surface area contributed by atoms with E-state index in [9.17, 15) is 9.59 Å². The zero-order chi connectivity index (χ0) is 15.7. The molecule has 5 heteroatoms. The Morgan fingerprint density at radius 3 is 2.41 bits per heavy atom. The molecule has 0 aliphatic rings. The number of rotatable bonds is 2. The molecule has 2 aromatic carbocycles. The molecule has 0 aliphatic carbocycles. The van der Waals surface area contributed by atoms with Crippen LogP contribution < -0.4 is 10.3 Å². The third-order valence-corrected chi connectivity index (χ3v) is 3.61. The summed E-state index contributed by atoms with van der Waals surface area (Å²) in [6.07, 6.45) is 0. The Morgan fingerprint density at radius 1 is 1.05 bits per heavy atom. The minimum atomic E-state index is -0.419. The first-order valence-corrected chi connectivity index (χ1v) is 6.89. The number of para-hydroxylation sites is 2. The molecule has 0 aliphatic heterocycles. The fraction of sp³-hybridized carbons (Fsp3) is 0.118. The van der Waals surface area contributed by atoms with Gasteiger partial charge in [0, 0.05) is 25.2 Å². The molecule has 3 rings (SSSR count). The number of amides is 1. The van der Waals surface area contributed by atoms with E-state index in [4.69, 9.17) is 0 Å². The van der Waals surface area contributed by atoms with Crippen LogP contribution in [0.4, 0.5) is 5.69 Å². The third kappa shape index (κ3) is 2.26. The summed E-state index contributed by atoms with van der Waals surface area (Å²) in [4.78, 5) is 26.6. The highest BCUT2D eigenvalue weighted by atomic mass is 16.2. The van der Waals surface area contributed by atoms with E-state index < -0.39 is 5.91 Å². The Hall–Kier alpha value is -2.95. The van der Waals surface area contributed by atoms with E-state index in [-0.39, 0.29) is 11.1 Å². The van der Waals surface area contributed by atoms with E-state index in [0.29, 0.717) is 16.6 Å². The smallest absolute Gasteiger partial charge is 0.282 e. The van der Waals surface area contributed by atoms with Crippen LogP contribution in [0.5, 0.6) is 0 Å². The highest BCUT2D eigenvalue weighted by Gasteiger charge is 2.20. The minimum Gasteiger partial charge on any atom is -0.310 e. The predicted octanol–water partition coefficient (Wildman–Crippen LogP) is 2.21. The van der Waals surface area contributed by atoms with Crippen molar-refractivity contribution in [3.8, 4) is 0 Å². The number of hydrogen-bond donors (Lipinski definition) is 0. The molecule has 5 nitrogen and oxygen atoms in total. The second-order valence-electron chi connectivity index (χ2n) is 5.02. The van der Waals surface area contributed by atoms with Crippen molar-refractivity contribution in [2.75, 3.05) is 11.9 Å². The van der Waals surface area contributed by atoms with Gasteiger partial charge in [-0.25, -0.2) is 0 Å². The van der Waals surface area contributed by atoms with Crippen molar-refractivity contribution in [1.82, 2.24) is 9.78 Å². The zero-order valence-corrected chi connectivity index (χ0v) is 12.4. The average molecular weight is 293 g/mol. The van der Waals surface area contributed by atoms with E-state index >= 15 is 0 Å². The van der Waals surface area contributed by atoms with Gasteiger partial charge < -0.3 is 4.90 Å². The maximum absolute atomic E-state index is 12.6. The molecule has 22 heavy (non-hydrogen) atoms. The Balaban J connectivity index is 2.12. The maximum Gasteiger partial charge on any atom is 0.282 e. The van der Waals surface area contributed by atoms with Gasteiger partial charge in [0.25, 0.3) is 5.91 Å². The fourth-order valence-electron chi connectivity index (χ4n) is 2.39. The van der Waals surface area contributed by atoms with E-state index in [0.717, 1.165) is 0 Å². The van der Waals surface area contributed by atoms with Crippen LogP contribution in [0, 0.1) is 0 Å². The molecule has 1 heterocycles. The topological polar surface area (TPSA) is 55.2 Å². The first-order chi connectivity index (χ1) is 10.6. The predicted molar refractivity (Wildman–Crippen MR) is 86.2 cm³/mol. The van der Waals surface area contributed by atoms with Crippen LogP contribution in [0.2, 0.25) is 0 Å². The van der Waals surface area contributed by atoms with Crippen molar-refractivity contribution in [2.45, 2.75) is 0 Å². The number of fused-ring (bicyclic) bond motifs is 1. The quantitative estimate of drug-likeness (QED) is 0.728. The third-order valence-electron chi connectivity index (χ3n) is 3.61. The summed E-state index contributed by atoms with van der Waals surface area (Å²) < 4.78 is 1.56. The van der Waals surface area contributed by atoms with Gasteiger partial charge in [-0.15, -0.1) is 0 Å². The van der Waals surface area contributed by atoms with Crippen LogP contribution in [0.3, 0.4) is 0 Å². The number of carbonyl (C=O) groups excluding carboxylic acids is 1. The molecule has 0 radical (unpaired) electrons. The number of carbonyl (C=O) groups is 1. The van der Waals surface area contributed by atoms with Crippen LogP contribution in [-0.4, -0.2) is 22.7 Å². The second-order valence-corrected chi connectivity index (χ2v) is 5.02. The number of nitrogens with zero attached hydrogens (tertiary/aromatic N) is 3. The molecule has 0 spiro atoms. The fourth-order valence-corrected chi connectivity index (χ4v) is 2.39. The second kappa shape index (κ2) is 5.44.